The number of benzene rings is 2. The Kier molecular flexibility index (Phi) is 5.62. The smallest absolute Gasteiger partial charge is 0.108 e. The first kappa shape index (κ1) is 18.3. The van der Waals surface area contributed by atoms with Gasteiger partial charge in [0.1, 0.15) is 6.10 Å². The number of nitrogens with zero attached hydrogens (tertiary/aromatic N) is 1. The summed E-state index contributed by atoms with van der Waals surface area (Å²) in [5.41, 5.74) is 3.85. The summed E-state index contributed by atoms with van der Waals surface area (Å²) >= 11 is 0. The average molecular weight is 360 g/mol. The van der Waals surface area contributed by atoms with Gasteiger partial charge in [0.15, 0.2) is 0 Å². The number of terminal acetylenes is 1. The predicted octanol–water partition coefficient (Wildman–Crippen LogP) is 4.98. The molecule has 2 heterocycles. The zero-order valence-electron chi connectivity index (χ0n) is 16.2. The van der Waals surface area contributed by atoms with Gasteiger partial charge in [-0.15, -0.1) is 6.42 Å². The molecular formula is C25H29NO. The van der Waals surface area contributed by atoms with Crippen molar-refractivity contribution in [2.45, 2.75) is 63.3 Å². The van der Waals surface area contributed by atoms with Crippen molar-refractivity contribution < 1.29 is 4.74 Å². The van der Waals surface area contributed by atoms with Crippen molar-refractivity contribution in [3.63, 3.8) is 0 Å². The van der Waals surface area contributed by atoms with Crippen molar-refractivity contribution in [2.24, 2.45) is 0 Å². The van der Waals surface area contributed by atoms with Gasteiger partial charge in [-0.1, -0.05) is 67.4 Å². The highest BCUT2D eigenvalue weighted by molar-refractivity contribution is 5.32. The van der Waals surface area contributed by atoms with Crippen LogP contribution in [0.3, 0.4) is 0 Å². The van der Waals surface area contributed by atoms with Crippen LogP contribution in [0.4, 0.5) is 0 Å². The molecule has 4 atom stereocenters. The van der Waals surface area contributed by atoms with Gasteiger partial charge in [0.25, 0.3) is 0 Å². The van der Waals surface area contributed by atoms with Gasteiger partial charge >= 0.3 is 0 Å². The Morgan fingerprint density at radius 2 is 1.63 bits per heavy atom. The van der Waals surface area contributed by atoms with E-state index in [1.807, 2.05) is 0 Å². The van der Waals surface area contributed by atoms with Crippen LogP contribution < -0.4 is 0 Å². The molecule has 2 nitrogen and oxygen atoms in total. The molecule has 2 aromatic rings. The number of hydrogen-bond donors (Lipinski definition) is 0. The number of piperidine rings is 1. The lowest BCUT2D eigenvalue weighted by Gasteiger charge is -2.39. The van der Waals surface area contributed by atoms with E-state index in [0.717, 1.165) is 25.8 Å². The molecule has 2 heteroatoms. The fourth-order valence-corrected chi connectivity index (χ4v) is 4.80. The Hall–Kier alpha value is -2.08. The molecule has 2 aliphatic heterocycles. The third-order valence-electron chi connectivity index (χ3n) is 6.24. The van der Waals surface area contributed by atoms with Gasteiger partial charge < -0.3 is 4.74 Å². The zero-order valence-corrected chi connectivity index (χ0v) is 16.2. The summed E-state index contributed by atoms with van der Waals surface area (Å²) in [5.74, 6) is 2.84. The highest BCUT2D eigenvalue weighted by atomic mass is 16.5. The lowest BCUT2D eigenvalue weighted by molar-refractivity contribution is -0.0453. The molecule has 140 valence electrons. The van der Waals surface area contributed by atoms with Crippen LogP contribution in [0.1, 0.15) is 55.4 Å². The molecule has 0 spiro atoms. The average Bonchev–Trinajstić information content (AvgIpc) is 2.95. The number of fused-ring (bicyclic) bond motifs is 2. The Morgan fingerprint density at radius 1 is 1.00 bits per heavy atom. The number of ether oxygens (including phenoxy) is 1. The normalized spacial score (nSPS) is 25.9. The minimum atomic E-state index is 0.000639. The van der Waals surface area contributed by atoms with Gasteiger partial charge in [-0.05, 0) is 48.8 Å². The fraction of sp³-hybridized carbons (Fsp3) is 0.440. The van der Waals surface area contributed by atoms with E-state index >= 15 is 0 Å². The summed E-state index contributed by atoms with van der Waals surface area (Å²) in [7, 11) is 0. The maximum absolute atomic E-state index is 6.77. The van der Waals surface area contributed by atoms with Crippen LogP contribution in [0.2, 0.25) is 0 Å². The first-order valence-electron chi connectivity index (χ1n) is 10.3. The summed E-state index contributed by atoms with van der Waals surface area (Å²) in [4.78, 5) is 2.52. The molecule has 0 N–H and O–H groups in total. The van der Waals surface area contributed by atoms with Gasteiger partial charge in [-0.3, -0.25) is 4.90 Å². The van der Waals surface area contributed by atoms with Crippen LogP contribution in [-0.2, 0) is 11.2 Å². The molecule has 2 aliphatic rings. The van der Waals surface area contributed by atoms with E-state index in [1.165, 1.54) is 29.5 Å². The van der Waals surface area contributed by atoms with E-state index in [0.29, 0.717) is 18.2 Å². The first-order valence-corrected chi connectivity index (χ1v) is 10.3. The molecule has 2 unspecified atom stereocenters. The quantitative estimate of drug-likeness (QED) is 0.674. The molecule has 2 aromatic carbocycles. The van der Waals surface area contributed by atoms with Crippen molar-refractivity contribution >= 4 is 0 Å². The fourth-order valence-electron chi connectivity index (χ4n) is 4.80. The summed E-state index contributed by atoms with van der Waals surface area (Å²) in [6.07, 6.45) is 11.6. The summed E-state index contributed by atoms with van der Waals surface area (Å²) < 4.78 is 6.77. The molecule has 0 aromatic heterocycles. The van der Waals surface area contributed by atoms with Crippen LogP contribution in [0, 0.1) is 12.3 Å². The third kappa shape index (κ3) is 3.95. The Labute approximate surface area is 163 Å². The predicted molar refractivity (Wildman–Crippen MR) is 111 cm³/mol. The van der Waals surface area contributed by atoms with E-state index in [1.54, 1.807) is 0 Å². The SMILES string of the molecule is C#CCN1[C@@H]2CC[C@H]1CC(OC(c1ccccc1)c1ccc(CC)cc1)C2. The largest absolute Gasteiger partial charge is 0.365 e. The van der Waals surface area contributed by atoms with Crippen molar-refractivity contribution in [3.05, 3.63) is 71.3 Å². The first-order chi connectivity index (χ1) is 13.3. The lowest BCUT2D eigenvalue weighted by atomic mass is 9.96. The molecule has 0 amide bonds. The second-order valence-corrected chi connectivity index (χ2v) is 7.88. The zero-order chi connectivity index (χ0) is 18.6. The second kappa shape index (κ2) is 8.30. The third-order valence-corrected chi connectivity index (χ3v) is 6.24. The van der Waals surface area contributed by atoms with Crippen molar-refractivity contribution in [1.29, 1.82) is 0 Å². The van der Waals surface area contributed by atoms with Gasteiger partial charge in [0.2, 0.25) is 0 Å². The van der Waals surface area contributed by atoms with Gasteiger partial charge in [-0.2, -0.15) is 0 Å². The maximum atomic E-state index is 6.77. The van der Waals surface area contributed by atoms with Crippen LogP contribution in [-0.4, -0.2) is 29.6 Å². The molecule has 0 aliphatic carbocycles. The summed E-state index contributed by atoms with van der Waals surface area (Å²) in [6.45, 7) is 2.97. The molecule has 4 rings (SSSR count). The Bertz CT molecular complexity index is 762. The van der Waals surface area contributed by atoms with Gasteiger partial charge in [0.05, 0.1) is 12.6 Å². The molecule has 2 saturated heterocycles. The maximum Gasteiger partial charge on any atom is 0.108 e. The van der Waals surface area contributed by atoms with E-state index in [9.17, 15) is 0 Å². The number of aryl methyl sites for hydroxylation is 1. The lowest BCUT2D eigenvalue weighted by Crippen LogP contribution is -2.45. The van der Waals surface area contributed by atoms with Crippen LogP contribution in [0.25, 0.3) is 0 Å². The minimum Gasteiger partial charge on any atom is -0.365 e. The van der Waals surface area contributed by atoms with Crippen LogP contribution >= 0.6 is 0 Å². The van der Waals surface area contributed by atoms with E-state index in [2.05, 4.69) is 72.3 Å². The number of hydrogen-bond acceptors (Lipinski definition) is 2. The Balaban J connectivity index is 1.54. The Morgan fingerprint density at radius 3 is 2.22 bits per heavy atom. The van der Waals surface area contributed by atoms with E-state index in [-0.39, 0.29) is 6.10 Å². The van der Waals surface area contributed by atoms with Crippen molar-refractivity contribution in [1.82, 2.24) is 4.90 Å². The monoisotopic (exact) mass is 359 g/mol. The van der Waals surface area contributed by atoms with Crippen molar-refractivity contribution in [2.75, 3.05) is 6.54 Å². The van der Waals surface area contributed by atoms with E-state index < -0.39 is 0 Å². The van der Waals surface area contributed by atoms with Gasteiger partial charge in [0, 0.05) is 12.1 Å². The number of rotatable bonds is 6. The van der Waals surface area contributed by atoms with Crippen LogP contribution in [0.5, 0.6) is 0 Å². The standard InChI is InChI=1S/C25H29NO/c1-3-16-26-22-14-15-23(26)18-24(17-22)27-25(20-8-6-5-7-9-20)21-12-10-19(4-2)11-13-21/h1,5-13,22-25H,4,14-18H2,2H3/t22-,23+,24?,25?. The topological polar surface area (TPSA) is 12.5 Å². The molecule has 2 bridgehead atoms. The van der Waals surface area contributed by atoms with E-state index in [4.69, 9.17) is 11.2 Å². The molecule has 2 fully saturated rings. The summed E-state index contributed by atoms with van der Waals surface area (Å²) in [5, 5.41) is 0. The van der Waals surface area contributed by atoms with Crippen LogP contribution in [0.15, 0.2) is 54.6 Å². The summed E-state index contributed by atoms with van der Waals surface area (Å²) in [6, 6.07) is 20.7. The van der Waals surface area contributed by atoms with Gasteiger partial charge in [-0.25, -0.2) is 0 Å². The highest BCUT2D eigenvalue weighted by Crippen LogP contribution is 2.39. The molecule has 27 heavy (non-hydrogen) atoms. The second-order valence-electron chi connectivity index (χ2n) is 7.88. The molecule has 0 saturated carbocycles. The molecule has 0 radical (unpaired) electrons. The minimum absolute atomic E-state index is 0.000639. The highest BCUT2D eigenvalue weighted by Gasteiger charge is 2.41. The van der Waals surface area contributed by atoms with Crippen molar-refractivity contribution in [3.8, 4) is 12.3 Å². The molecular weight excluding hydrogens is 330 g/mol.